The number of unbranched alkanes of at least 4 members (excludes halogenated alkanes) is 2. The Morgan fingerprint density at radius 3 is 1.29 bits per heavy atom. The van der Waals surface area contributed by atoms with Gasteiger partial charge in [-0.3, -0.25) is 24.0 Å². The van der Waals surface area contributed by atoms with Crippen LogP contribution in [0.15, 0.2) is 0 Å². The van der Waals surface area contributed by atoms with Crippen LogP contribution in [0, 0.1) is 24.7 Å². The molecular weight excluding hydrogens is 1090 g/mol. The van der Waals surface area contributed by atoms with Gasteiger partial charge in [-0.2, -0.15) is 23.5 Å². The quantitative estimate of drug-likeness (QED) is 0.0165. The highest BCUT2D eigenvalue weighted by atomic mass is 32.2. The number of carbonyl (C=O) groups excluding carboxylic acids is 8. The number of nitrogens with one attached hydrogen (secondary N) is 7. The van der Waals surface area contributed by atoms with Crippen molar-refractivity contribution in [3.05, 3.63) is 0 Å². The van der Waals surface area contributed by atoms with Crippen LogP contribution in [0.3, 0.4) is 0 Å². The molecule has 0 aliphatic carbocycles. The van der Waals surface area contributed by atoms with Crippen LogP contribution in [-0.2, 0) is 71.5 Å². The molecule has 0 aromatic heterocycles. The second kappa shape index (κ2) is 44.6. The molecule has 80 heavy (non-hydrogen) atoms. The standard InChI is InChI=1S/C25H40N4O10S.C24H40N4O7S.C3H5N/c30-20(4-2-1-3-19-24-18(17-40-19)27-25(34)28-24)26-8-10-36-12-14-38-16-15-37-13-11-35-9-7-23(33)39-29-21(31)5-6-22(29)32;1-2-8-25-22(30)7-10-32-12-14-34-16-17-35-15-13-33-11-9-26-21(29)6-4-3-5-20-23-19(18-36-20)27-24(31)28-23;1-2-3-4/h18-19,24H,1-17H2,(H,26,30)(H2,27,28,34);1,19-20,23H,3-18H2,(H,25,30)(H,26,29)(H2,27,28,31);1H,3-4H2. The molecule has 9 N–H and O–H groups in total. The Hall–Kier alpha value is -4.98. The van der Waals surface area contributed by atoms with Gasteiger partial charge < -0.3 is 85.7 Å². The van der Waals surface area contributed by atoms with Crippen molar-refractivity contribution in [1.82, 2.24) is 42.3 Å². The van der Waals surface area contributed by atoms with E-state index in [0.29, 0.717) is 141 Å². The number of amides is 9. The summed E-state index contributed by atoms with van der Waals surface area (Å²) in [6, 6.07) is 0.782. The van der Waals surface area contributed by atoms with Gasteiger partial charge in [0, 0.05) is 67.2 Å². The Balaban J connectivity index is 0.000000396. The number of rotatable bonds is 42. The van der Waals surface area contributed by atoms with E-state index in [0.717, 1.165) is 50.0 Å². The Morgan fingerprint density at radius 1 is 0.512 bits per heavy atom. The fourth-order valence-corrected chi connectivity index (χ4v) is 11.2. The summed E-state index contributed by atoms with van der Waals surface area (Å²) in [5, 5.41) is 21.5. The molecule has 0 aromatic rings. The fourth-order valence-electron chi connectivity index (χ4n) is 8.14. The van der Waals surface area contributed by atoms with Crippen molar-refractivity contribution < 1.29 is 81.1 Å². The number of thioether (sulfide) groups is 2. The minimum atomic E-state index is -0.703. The van der Waals surface area contributed by atoms with Crippen molar-refractivity contribution in [2.45, 2.75) is 112 Å². The summed E-state index contributed by atoms with van der Waals surface area (Å²) in [6.45, 7) is 7.65. The molecule has 6 atom stereocenters. The lowest BCUT2D eigenvalue weighted by Crippen LogP contribution is -2.36. The molecule has 9 amide bonds. The molecule has 0 saturated carbocycles. The zero-order valence-electron chi connectivity index (χ0n) is 45.9. The van der Waals surface area contributed by atoms with Gasteiger partial charge in [0.2, 0.25) is 17.7 Å². The van der Waals surface area contributed by atoms with Crippen molar-refractivity contribution >= 4 is 71.1 Å². The third-order valence-electron chi connectivity index (χ3n) is 12.2. The largest absolute Gasteiger partial charge is 0.379 e. The summed E-state index contributed by atoms with van der Waals surface area (Å²) in [7, 11) is 0. The van der Waals surface area contributed by atoms with E-state index < -0.39 is 17.8 Å². The molecule has 26 nitrogen and oxygen atoms in total. The minimum absolute atomic E-state index is 0.0174. The average Bonchev–Trinajstić information content (AvgIpc) is 4.33. The third kappa shape index (κ3) is 31.9. The molecule has 452 valence electrons. The van der Waals surface area contributed by atoms with Crippen molar-refractivity contribution in [1.29, 1.82) is 0 Å². The topological polar surface area (TPSA) is 333 Å². The first-order valence-corrected chi connectivity index (χ1v) is 29.5. The second-order valence-electron chi connectivity index (χ2n) is 18.3. The van der Waals surface area contributed by atoms with Crippen LogP contribution in [0.1, 0.15) is 77.0 Å². The highest BCUT2D eigenvalue weighted by molar-refractivity contribution is 8.00. The van der Waals surface area contributed by atoms with E-state index >= 15 is 0 Å². The number of nitrogens with zero attached hydrogens (tertiary/aromatic N) is 1. The first kappa shape index (κ1) is 69.3. The fraction of sp³-hybridized carbons (Fsp3) is 0.769. The monoisotopic (exact) mass is 1170 g/mol. The second-order valence-corrected chi connectivity index (χ2v) is 20.8. The lowest BCUT2D eigenvalue weighted by molar-refractivity contribution is -0.198. The van der Waals surface area contributed by atoms with Crippen molar-refractivity contribution in [3.63, 3.8) is 0 Å². The summed E-state index contributed by atoms with van der Waals surface area (Å²) in [5.74, 6) is 4.65. The molecule has 5 rings (SSSR count). The van der Waals surface area contributed by atoms with E-state index in [-0.39, 0.29) is 99.4 Å². The number of carbonyl (C=O) groups is 8. The van der Waals surface area contributed by atoms with E-state index in [1.807, 2.05) is 23.5 Å². The molecule has 5 fully saturated rings. The molecule has 5 saturated heterocycles. The van der Waals surface area contributed by atoms with Gasteiger partial charge in [-0.25, -0.2) is 14.4 Å². The maximum atomic E-state index is 12.0. The zero-order chi connectivity index (χ0) is 57.8. The van der Waals surface area contributed by atoms with Gasteiger partial charge in [0.15, 0.2) is 0 Å². The average molecular weight is 1170 g/mol. The van der Waals surface area contributed by atoms with Gasteiger partial charge in [0.05, 0.1) is 149 Å². The van der Waals surface area contributed by atoms with Crippen LogP contribution in [0.4, 0.5) is 9.59 Å². The molecule has 0 spiro atoms. The predicted molar refractivity (Wildman–Crippen MR) is 297 cm³/mol. The highest BCUT2D eigenvalue weighted by Crippen LogP contribution is 2.34. The van der Waals surface area contributed by atoms with Crippen molar-refractivity contribution in [2.24, 2.45) is 5.73 Å². The summed E-state index contributed by atoms with van der Waals surface area (Å²) in [6.07, 6.45) is 16.6. The Bertz CT molecular complexity index is 1920. The summed E-state index contributed by atoms with van der Waals surface area (Å²) < 4.78 is 43.1. The first-order valence-electron chi connectivity index (χ1n) is 27.4. The Morgan fingerprint density at radius 2 is 0.887 bits per heavy atom. The summed E-state index contributed by atoms with van der Waals surface area (Å²) in [5.41, 5.74) is 4.79. The number of hydroxylamine groups is 2. The van der Waals surface area contributed by atoms with Gasteiger partial charge in [0.25, 0.3) is 11.8 Å². The van der Waals surface area contributed by atoms with Crippen LogP contribution in [0.2, 0.25) is 0 Å². The number of terminal acetylenes is 2. The molecule has 0 radical (unpaired) electrons. The van der Waals surface area contributed by atoms with Gasteiger partial charge >= 0.3 is 18.0 Å². The number of urea groups is 2. The molecular formula is C52H85N9O17S2. The van der Waals surface area contributed by atoms with Crippen molar-refractivity contribution in [2.75, 3.05) is 143 Å². The van der Waals surface area contributed by atoms with E-state index in [1.54, 1.807) is 0 Å². The van der Waals surface area contributed by atoms with Crippen LogP contribution in [0.5, 0.6) is 0 Å². The van der Waals surface area contributed by atoms with Gasteiger partial charge in [-0.05, 0) is 25.7 Å². The zero-order valence-corrected chi connectivity index (χ0v) is 47.6. The normalized spacial score (nSPS) is 20.3. The maximum Gasteiger partial charge on any atom is 0.335 e. The number of hydrogen-bond donors (Lipinski definition) is 8. The smallest absolute Gasteiger partial charge is 0.335 e. The van der Waals surface area contributed by atoms with E-state index in [2.05, 4.69) is 55.5 Å². The molecule has 0 aromatic carbocycles. The minimum Gasteiger partial charge on any atom is -0.379 e. The highest BCUT2D eigenvalue weighted by Gasteiger charge is 2.43. The lowest BCUT2D eigenvalue weighted by Gasteiger charge is -2.16. The summed E-state index contributed by atoms with van der Waals surface area (Å²) in [4.78, 5) is 97.1. The maximum absolute atomic E-state index is 12.0. The molecule has 28 heteroatoms. The Labute approximate surface area is 478 Å². The Kier molecular flexibility index (Phi) is 38.7. The van der Waals surface area contributed by atoms with E-state index in [4.69, 9.17) is 54.9 Å². The van der Waals surface area contributed by atoms with Crippen molar-refractivity contribution in [3.8, 4) is 24.7 Å². The van der Waals surface area contributed by atoms with Crippen LogP contribution in [-0.4, -0.2) is 231 Å². The number of fused-ring (bicyclic) bond motifs is 2. The van der Waals surface area contributed by atoms with E-state index in [9.17, 15) is 38.4 Å². The molecule has 5 aliphatic rings. The third-order valence-corrected chi connectivity index (χ3v) is 15.2. The van der Waals surface area contributed by atoms with Gasteiger partial charge in [-0.1, -0.05) is 24.7 Å². The van der Waals surface area contributed by atoms with Gasteiger partial charge in [-0.15, -0.1) is 17.9 Å². The van der Waals surface area contributed by atoms with Gasteiger partial charge in [0.1, 0.15) is 0 Å². The van der Waals surface area contributed by atoms with Crippen LogP contribution >= 0.6 is 23.5 Å². The molecule has 5 heterocycles. The lowest BCUT2D eigenvalue weighted by atomic mass is 10.0. The summed E-state index contributed by atoms with van der Waals surface area (Å²) >= 11 is 3.78. The molecule has 0 bridgehead atoms. The van der Waals surface area contributed by atoms with Crippen LogP contribution < -0.4 is 43.0 Å². The van der Waals surface area contributed by atoms with E-state index in [1.165, 1.54) is 0 Å². The molecule has 5 aliphatic heterocycles. The van der Waals surface area contributed by atoms with Crippen LogP contribution in [0.25, 0.3) is 0 Å². The number of ether oxygens (including phenoxy) is 8. The number of hydrogen-bond acceptors (Lipinski definition) is 20. The SMILES string of the molecule is C#CCN.C#CCNC(=O)CCOCCOCCOCCOCCNC(=O)CCCCC1SCC2NC(=O)NC21.O=C(CCCCC1SCC2NC(=O)NC21)NCCOCCOCCOCCOCCC(=O)ON1C(=O)CCC1=O. The first-order chi connectivity index (χ1) is 38.9. The number of imide groups is 1. The molecule has 6 unspecified atom stereocenters. The predicted octanol–water partition coefficient (Wildman–Crippen LogP) is -0.495. The number of nitrogens with two attached hydrogens (primary N) is 1.